The summed E-state index contributed by atoms with van der Waals surface area (Å²) in [5.41, 5.74) is 3.07. The highest BCUT2D eigenvalue weighted by Crippen LogP contribution is 2.34. The van der Waals surface area contributed by atoms with E-state index in [0.29, 0.717) is 4.90 Å². The van der Waals surface area contributed by atoms with Gasteiger partial charge < -0.3 is 4.42 Å². The number of hydrogen-bond acceptors (Lipinski definition) is 3. The maximum atomic E-state index is 12.5. The largest absolute Gasteiger partial charge is 0.469 e. The monoisotopic (exact) mass is 305 g/mol. The van der Waals surface area contributed by atoms with Crippen LogP contribution in [0.1, 0.15) is 41.3 Å². The first-order valence-electron chi connectivity index (χ1n) is 7.13. The van der Waals surface area contributed by atoms with E-state index in [2.05, 4.69) is 4.72 Å². The normalized spacial score (nSPS) is 18.5. The topological polar surface area (TPSA) is 59.3 Å². The summed E-state index contributed by atoms with van der Waals surface area (Å²) in [6.07, 6.45) is 4.33. The van der Waals surface area contributed by atoms with E-state index in [4.69, 9.17) is 4.42 Å². The second-order valence-corrected chi connectivity index (χ2v) is 7.35. The van der Waals surface area contributed by atoms with Crippen molar-refractivity contribution in [2.45, 2.75) is 44.0 Å². The molecule has 21 heavy (non-hydrogen) atoms. The molecule has 1 aliphatic carbocycles. The van der Waals surface area contributed by atoms with Crippen molar-refractivity contribution < 1.29 is 12.8 Å². The first kappa shape index (κ1) is 14.4. The highest BCUT2D eigenvalue weighted by atomic mass is 32.2. The number of benzene rings is 1. The molecule has 1 aromatic heterocycles. The van der Waals surface area contributed by atoms with Crippen LogP contribution in [0.3, 0.4) is 0 Å². The summed E-state index contributed by atoms with van der Waals surface area (Å²) in [7, 11) is -3.51. The zero-order valence-electron chi connectivity index (χ0n) is 12.2. The van der Waals surface area contributed by atoms with E-state index in [9.17, 15) is 8.42 Å². The molecule has 5 heteroatoms. The lowest BCUT2D eigenvalue weighted by Crippen LogP contribution is -2.31. The van der Waals surface area contributed by atoms with Gasteiger partial charge in [0.2, 0.25) is 10.0 Å². The minimum Gasteiger partial charge on any atom is -0.469 e. The lowest BCUT2D eigenvalue weighted by atomic mass is 9.92. The molecule has 0 bridgehead atoms. The average molecular weight is 305 g/mol. The summed E-state index contributed by atoms with van der Waals surface area (Å²) in [5.74, 6) is 0.912. The first-order valence-corrected chi connectivity index (χ1v) is 8.61. The van der Waals surface area contributed by atoms with Crippen LogP contribution in [0.25, 0.3) is 0 Å². The molecule has 112 valence electrons. The summed E-state index contributed by atoms with van der Waals surface area (Å²) in [6, 6.07) is 6.71. The molecule has 2 aromatic rings. The minimum atomic E-state index is -3.51. The Hall–Kier alpha value is -1.59. The van der Waals surface area contributed by atoms with Gasteiger partial charge in [0.25, 0.3) is 0 Å². The van der Waals surface area contributed by atoms with Crippen molar-refractivity contribution in [2.24, 2.45) is 0 Å². The Morgan fingerprint density at radius 2 is 1.90 bits per heavy atom. The van der Waals surface area contributed by atoms with Gasteiger partial charge in [0, 0.05) is 12.0 Å². The van der Waals surface area contributed by atoms with E-state index >= 15 is 0 Å². The third-order valence-electron chi connectivity index (χ3n) is 3.98. The molecule has 0 aliphatic heterocycles. The number of fused-ring (bicyclic) bond motifs is 1. The number of nitrogens with one attached hydrogen (secondary N) is 1. The molecule has 1 heterocycles. The minimum absolute atomic E-state index is 0.196. The van der Waals surface area contributed by atoms with Gasteiger partial charge in [-0.1, -0.05) is 17.7 Å². The van der Waals surface area contributed by atoms with E-state index in [1.54, 1.807) is 18.4 Å². The van der Waals surface area contributed by atoms with Gasteiger partial charge in [-0.25, -0.2) is 13.1 Å². The van der Waals surface area contributed by atoms with Crippen molar-refractivity contribution in [3.05, 3.63) is 53.0 Å². The Balaban J connectivity index is 1.90. The predicted octanol–water partition coefficient (Wildman–Crippen LogP) is 3.25. The Morgan fingerprint density at radius 3 is 2.62 bits per heavy atom. The number of furan rings is 1. The molecule has 1 N–H and O–H groups in total. The third-order valence-corrected chi connectivity index (χ3v) is 5.46. The van der Waals surface area contributed by atoms with E-state index < -0.39 is 10.0 Å². The summed E-state index contributed by atoms with van der Waals surface area (Å²) in [4.78, 5) is 0.307. The molecule has 0 spiro atoms. The quantitative estimate of drug-likeness (QED) is 0.947. The second-order valence-electron chi connectivity index (χ2n) is 5.63. The maximum Gasteiger partial charge on any atom is 0.241 e. The van der Waals surface area contributed by atoms with E-state index in [-0.39, 0.29) is 6.04 Å². The molecule has 1 unspecified atom stereocenters. The van der Waals surface area contributed by atoms with Gasteiger partial charge in [-0.15, -0.1) is 0 Å². The van der Waals surface area contributed by atoms with Crippen LogP contribution in [0.5, 0.6) is 0 Å². The van der Waals surface area contributed by atoms with Gasteiger partial charge in [0.15, 0.2) is 0 Å². The number of sulfonamides is 1. The Kier molecular flexibility index (Phi) is 3.63. The Bertz CT molecular complexity index is 744. The number of hydrogen-bond donors (Lipinski definition) is 1. The second kappa shape index (κ2) is 5.31. The Labute approximate surface area is 125 Å². The van der Waals surface area contributed by atoms with Gasteiger partial charge in [-0.3, -0.25) is 0 Å². The fourth-order valence-corrected chi connectivity index (χ4v) is 4.11. The predicted molar refractivity (Wildman–Crippen MR) is 80.6 cm³/mol. The summed E-state index contributed by atoms with van der Waals surface area (Å²) in [5, 5.41) is 0. The van der Waals surface area contributed by atoms with Gasteiger partial charge in [0.1, 0.15) is 5.76 Å². The van der Waals surface area contributed by atoms with Crippen LogP contribution in [0, 0.1) is 13.8 Å². The fraction of sp³-hybridized carbons (Fsp3) is 0.375. The number of aryl methyl sites for hydroxylation is 3. The van der Waals surface area contributed by atoms with Gasteiger partial charge >= 0.3 is 0 Å². The molecule has 3 rings (SSSR count). The molecule has 1 aliphatic rings. The molecule has 0 saturated carbocycles. The van der Waals surface area contributed by atoms with Crippen molar-refractivity contribution in [3.8, 4) is 0 Å². The molecule has 0 amide bonds. The van der Waals surface area contributed by atoms with Crippen LogP contribution in [0.15, 0.2) is 39.8 Å². The van der Waals surface area contributed by atoms with Gasteiger partial charge in [0.05, 0.1) is 17.2 Å². The fourth-order valence-electron chi connectivity index (χ4n) is 2.87. The van der Waals surface area contributed by atoms with Gasteiger partial charge in [-0.2, -0.15) is 0 Å². The first-order chi connectivity index (χ1) is 9.97. The highest BCUT2D eigenvalue weighted by Gasteiger charge is 2.29. The lowest BCUT2D eigenvalue weighted by molar-refractivity contribution is 0.438. The van der Waals surface area contributed by atoms with Crippen molar-refractivity contribution in [1.82, 2.24) is 4.72 Å². The third kappa shape index (κ3) is 2.76. The number of rotatable bonds is 3. The van der Waals surface area contributed by atoms with Crippen molar-refractivity contribution in [1.29, 1.82) is 0 Å². The smallest absolute Gasteiger partial charge is 0.241 e. The van der Waals surface area contributed by atoms with E-state index in [0.717, 1.165) is 41.7 Å². The van der Waals surface area contributed by atoms with Gasteiger partial charge in [-0.05, 0) is 44.4 Å². The summed E-state index contributed by atoms with van der Waals surface area (Å²) in [6.45, 7) is 3.90. The zero-order chi connectivity index (χ0) is 15.0. The van der Waals surface area contributed by atoms with Crippen LogP contribution in [-0.4, -0.2) is 8.42 Å². The average Bonchev–Trinajstić information content (AvgIpc) is 2.82. The lowest BCUT2D eigenvalue weighted by Gasteiger charge is -2.23. The Morgan fingerprint density at radius 1 is 1.19 bits per heavy atom. The van der Waals surface area contributed by atoms with Crippen LogP contribution in [0.2, 0.25) is 0 Å². The molecular weight excluding hydrogens is 286 g/mol. The van der Waals surface area contributed by atoms with E-state index in [1.165, 1.54) is 0 Å². The molecule has 0 saturated heterocycles. The summed E-state index contributed by atoms with van der Waals surface area (Å²) < 4.78 is 33.4. The molecule has 0 fully saturated rings. The van der Waals surface area contributed by atoms with E-state index in [1.807, 2.05) is 26.0 Å². The highest BCUT2D eigenvalue weighted by molar-refractivity contribution is 7.89. The molecule has 4 nitrogen and oxygen atoms in total. The standard InChI is InChI=1S/C16H19NO3S/c1-11-6-8-13(9-7-11)21(18,19)17-14-4-3-5-15-16(14)12(2)10-20-15/h6-10,14,17H,3-5H2,1-2H3. The zero-order valence-corrected chi connectivity index (χ0v) is 13.0. The van der Waals surface area contributed by atoms with Crippen molar-refractivity contribution in [3.63, 3.8) is 0 Å². The summed E-state index contributed by atoms with van der Waals surface area (Å²) >= 11 is 0. The molecule has 1 atom stereocenters. The molecule has 1 aromatic carbocycles. The van der Waals surface area contributed by atoms with Crippen LogP contribution in [0.4, 0.5) is 0 Å². The molecular formula is C16H19NO3S. The maximum absolute atomic E-state index is 12.5. The van der Waals surface area contributed by atoms with Crippen molar-refractivity contribution >= 4 is 10.0 Å². The SMILES string of the molecule is Cc1ccc(S(=O)(=O)NC2CCCc3occ(C)c32)cc1. The van der Waals surface area contributed by atoms with Crippen LogP contribution >= 0.6 is 0 Å². The van der Waals surface area contributed by atoms with Crippen molar-refractivity contribution in [2.75, 3.05) is 0 Å². The van der Waals surface area contributed by atoms with Crippen LogP contribution < -0.4 is 4.72 Å². The molecule has 0 radical (unpaired) electrons. The van der Waals surface area contributed by atoms with Crippen LogP contribution in [-0.2, 0) is 16.4 Å².